The van der Waals surface area contributed by atoms with Crippen LogP contribution in [-0.2, 0) is 4.79 Å². The summed E-state index contributed by atoms with van der Waals surface area (Å²) in [5.74, 6) is -0.234. The lowest BCUT2D eigenvalue weighted by Gasteiger charge is -2.45. The predicted octanol–water partition coefficient (Wildman–Crippen LogP) is 2.99. The number of aromatic nitrogens is 3. The molecule has 9 heteroatoms. The zero-order valence-electron chi connectivity index (χ0n) is 19.1. The van der Waals surface area contributed by atoms with Crippen LogP contribution in [0, 0.1) is 0 Å². The number of pyridine rings is 3. The van der Waals surface area contributed by atoms with E-state index >= 15 is 0 Å². The third-order valence-corrected chi connectivity index (χ3v) is 7.26. The number of aromatic amines is 1. The van der Waals surface area contributed by atoms with Gasteiger partial charge in [0.2, 0.25) is 5.56 Å². The fourth-order valence-corrected chi connectivity index (χ4v) is 5.27. The lowest BCUT2D eigenvalue weighted by Crippen LogP contribution is -2.50. The van der Waals surface area contributed by atoms with Crippen LogP contribution in [0.1, 0.15) is 37.1 Å². The van der Waals surface area contributed by atoms with Crippen LogP contribution in [0.5, 0.6) is 0 Å². The molecule has 2 N–H and O–H groups in total. The van der Waals surface area contributed by atoms with Gasteiger partial charge in [-0.05, 0) is 49.8 Å². The fraction of sp³-hybridized carbons (Fsp3) is 0.360. The predicted molar refractivity (Wildman–Crippen MR) is 134 cm³/mol. The molecule has 0 aromatic carbocycles. The molecule has 0 spiro atoms. The molecule has 2 atom stereocenters. The summed E-state index contributed by atoms with van der Waals surface area (Å²) in [4.78, 5) is 41.0. The molecule has 2 aliphatic heterocycles. The summed E-state index contributed by atoms with van der Waals surface area (Å²) in [5.41, 5.74) is 3.37. The number of fused-ring (bicyclic) bond motifs is 3. The zero-order chi connectivity index (χ0) is 23.8. The topological polar surface area (TPSA) is 102 Å². The van der Waals surface area contributed by atoms with Gasteiger partial charge in [-0.25, -0.2) is 4.98 Å². The monoisotopic (exact) mass is 477 g/mol. The third-order valence-electron chi connectivity index (χ3n) is 6.60. The standard InChI is InChI=1S/C25H27N5O3S/c1-15(31)25(33)29-11-9-18(10-12-29)30-20(16-4-8-22(34-2)27-13-16)6-5-19-24(30)23-17(14-26-19)3-7-21(32)28-23/h3-8,13-15,18,20,31H,9-12H2,1-2H3,(H,28,32)/t15?,20-/m1/s1. The first-order valence-electron chi connectivity index (χ1n) is 11.4. The van der Waals surface area contributed by atoms with E-state index < -0.39 is 6.10 Å². The van der Waals surface area contributed by atoms with Crippen molar-refractivity contribution >= 4 is 40.3 Å². The normalized spacial score (nSPS) is 19.3. The number of thioether (sulfide) groups is 1. The minimum atomic E-state index is -0.998. The summed E-state index contributed by atoms with van der Waals surface area (Å²) in [5, 5.41) is 11.6. The number of carbonyl (C=O) groups excluding carboxylic acids is 1. The Balaban J connectivity index is 1.58. The van der Waals surface area contributed by atoms with E-state index in [0.717, 1.165) is 45.7 Å². The zero-order valence-corrected chi connectivity index (χ0v) is 20.0. The van der Waals surface area contributed by atoms with Crippen molar-refractivity contribution in [2.75, 3.05) is 24.2 Å². The summed E-state index contributed by atoms with van der Waals surface area (Å²) >= 11 is 1.60. The summed E-state index contributed by atoms with van der Waals surface area (Å²) in [6.45, 7) is 2.64. The van der Waals surface area contributed by atoms with Crippen molar-refractivity contribution in [3.8, 4) is 0 Å². The second-order valence-electron chi connectivity index (χ2n) is 8.72. The maximum Gasteiger partial charge on any atom is 0.251 e. The number of piperidine rings is 1. The Kier molecular flexibility index (Phi) is 6.14. The molecule has 5 heterocycles. The number of amides is 1. The second-order valence-corrected chi connectivity index (χ2v) is 9.55. The van der Waals surface area contributed by atoms with Crippen molar-refractivity contribution in [2.45, 2.75) is 43.0 Å². The first kappa shape index (κ1) is 22.6. The molecule has 2 aliphatic rings. The van der Waals surface area contributed by atoms with Crippen LogP contribution >= 0.6 is 11.8 Å². The van der Waals surface area contributed by atoms with Gasteiger partial charge in [0.25, 0.3) is 5.91 Å². The molecule has 8 nitrogen and oxygen atoms in total. The largest absolute Gasteiger partial charge is 0.384 e. The molecule has 1 unspecified atom stereocenters. The average Bonchev–Trinajstić information content (AvgIpc) is 2.87. The smallest absolute Gasteiger partial charge is 0.251 e. The molecule has 0 aliphatic carbocycles. The number of hydrogen-bond donors (Lipinski definition) is 2. The van der Waals surface area contributed by atoms with E-state index in [-0.39, 0.29) is 23.6 Å². The van der Waals surface area contributed by atoms with E-state index in [4.69, 9.17) is 0 Å². The van der Waals surface area contributed by atoms with E-state index in [9.17, 15) is 14.7 Å². The van der Waals surface area contributed by atoms with Crippen LogP contribution in [0.4, 0.5) is 5.69 Å². The van der Waals surface area contributed by atoms with E-state index in [1.54, 1.807) is 28.9 Å². The number of nitrogens with zero attached hydrogens (tertiary/aromatic N) is 4. The number of hydrogen-bond acceptors (Lipinski definition) is 7. The van der Waals surface area contributed by atoms with Gasteiger partial charge in [0.15, 0.2) is 0 Å². The average molecular weight is 478 g/mol. The number of nitrogens with one attached hydrogen (secondary N) is 1. The molecular formula is C25H27N5O3S. The highest BCUT2D eigenvalue weighted by atomic mass is 32.2. The molecule has 1 saturated heterocycles. The van der Waals surface area contributed by atoms with E-state index in [0.29, 0.717) is 13.1 Å². The quantitative estimate of drug-likeness (QED) is 0.557. The number of aliphatic hydroxyl groups is 1. The Morgan fingerprint density at radius 3 is 2.65 bits per heavy atom. The summed E-state index contributed by atoms with van der Waals surface area (Å²) in [6, 6.07) is 7.46. The Bertz CT molecular complexity index is 1300. The minimum absolute atomic E-state index is 0.0870. The van der Waals surface area contributed by atoms with Crippen molar-refractivity contribution in [1.29, 1.82) is 0 Å². The maximum absolute atomic E-state index is 12.3. The van der Waals surface area contributed by atoms with Crippen LogP contribution in [0.25, 0.3) is 17.0 Å². The Morgan fingerprint density at radius 2 is 1.97 bits per heavy atom. The Labute approximate surface area is 201 Å². The number of carbonyl (C=O) groups is 1. The molecule has 176 valence electrons. The van der Waals surface area contributed by atoms with Crippen molar-refractivity contribution in [3.63, 3.8) is 0 Å². The Morgan fingerprint density at radius 1 is 1.18 bits per heavy atom. The number of rotatable bonds is 4. The van der Waals surface area contributed by atoms with Crippen molar-refractivity contribution < 1.29 is 9.90 Å². The lowest BCUT2D eigenvalue weighted by molar-refractivity contribution is -0.140. The number of likely N-dealkylation sites (tertiary alicyclic amines) is 1. The van der Waals surface area contributed by atoms with Gasteiger partial charge in [0, 0.05) is 43.0 Å². The first-order valence-corrected chi connectivity index (χ1v) is 12.6. The third kappa shape index (κ3) is 4.10. The van der Waals surface area contributed by atoms with Crippen LogP contribution in [-0.4, -0.2) is 62.4 Å². The summed E-state index contributed by atoms with van der Waals surface area (Å²) in [6.07, 6.45) is 10.3. The summed E-state index contributed by atoms with van der Waals surface area (Å²) < 4.78 is 0. The fourth-order valence-electron chi connectivity index (χ4n) is 4.91. The maximum atomic E-state index is 12.3. The highest BCUT2D eigenvalue weighted by molar-refractivity contribution is 7.98. The van der Waals surface area contributed by atoms with Gasteiger partial charge in [-0.1, -0.05) is 12.1 Å². The van der Waals surface area contributed by atoms with Crippen molar-refractivity contribution in [2.24, 2.45) is 0 Å². The van der Waals surface area contributed by atoms with Gasteiger partial charge in [0.1, 0.15) is 6.10 Å². The molecule has 3 aromatic rings. The van der Waals surface area contributed by atoms with Gasteiger partial charge < -0.3 is 19.9 Å². The van der Waals surface area contributed by atoms with Crippen molar-refractivity contribution in [1.82, 2.24) is 19.9 Å². The summed E-state index contributed by atoms with van der Waals surface area (Å²) in [7, 11) is 0. The molecule has 1 amide bonds. The molecular weight excluding hydrogens is 450 g/mol. The van der Waals surface area contributed by atoms with Crippen LogP contribution in [0.3, 0.4) is 0 Å². The minimum Gasteiger partial charge on any atom is -0.384 e. The van der Waals surface area contributed by atoms with Gasteiger partial charge in [-0.3, -0.25) is 14.6 Å². The molecule has 0 radical (unpaired) electrons. The van der Waals surface area contributed by atoms with E-state index in [2.05, 4.69) is 32.0 Å². The van der Waals surface area contributed by atoms with Gasteiger partial charge in [-0.2, -0.15) is 0 Å². The SMILES string of the molecule is CSc1ccc([C@H]2C=Cc3ncc4ccc(=O)[nH]c4c3N2C2CCN(C(=O)C(C)O)CC2)cn1. The molecule has 3 aromatic heterocycles. The van der Waals surface area contributed by atoms with Gasteiger partial charge in [0.05, 0.1) is 28.0 Å². The highest BCUT2D eigenvalue weighted by Gasteiger charge is 2.36. The van der Waals surface area contributed by atoms with E-state index in [1.165, 1.54) is 13.0 Å². The first-order chi connectivity index (χ1) is 16.5. The molecule has 34 heavy (non-hydrogen) atoms. The van der Waals surface area contributed by atoms with Gasteiger partial charge >= 0.3 is 0 Å². The highest BCUT2D eigenvalue weighted by Crippen LogP contribution is 2.42. The van der Waals surface area contributed by atoms with Crippen LogP contribution in [0.15, 0.2) is 52.6 Å². The number of H-pyrrole nitrogens is 1. The van der Waals surface area contributed by atoms with Crippen molar-refractivity contribution in [3.05, 3.63) is 64.3 Å². The number of anilines is 1. The molecule has 0 bridgehead atoms. The Hall–Kier alpha value is -3.17. The van der Waals surface area contributed by atoms with Crippen LogP contribution in [0.2, 0.25) is 0 Å². The van der Waals surface area contributed by atoms with Gasteiger partial charge in [-0.15, -0.1) is 11.8 Å². The number of aliphatic hydroxyl groups excluding tert-OH is 1. The van der Waals surface area contributed by atoms with Crippen LogP contribution < -0.4 is 10.5 Å². The molecule has 5 rings (SSSR count). The second kappa shape index (κ2) is 9.23. The molecule has 0 saturated carbocycles. The molecule has 1 fully saturated rings. The lowest BCUT2D eigenvalue weighted by atomic mass is 9.93. The van der Waals surface area contributed by atoms with E-state index in [1.807, 2.05) is 24.6 Å².